The van der Waals surface area contributed by atoms with Crippen molar-refractivity contribution in [3.05, 3.63) is 0 Å². The van der Waals surface area contributed by atoms with Crippen molar-refractivity contribution in [2.45, 2.75) is 104 Å². The van der Waals surface area contributed by atoms with E-state index in [4.69, 9.17) is 4.74 Å². The first-order valence-electron chi connectivity index (χ1n) is 12.5. The maximum Gasteiger partial charge on any atom is 0.302 e. The Morgan fingerprint density at radius 3 is 2.40 bits per heavy atom. The molecular formula is C26H41O4-. The molecule has 0 aromatic heterocycles. The first-order valence-corrected chi connectivity index (χ1v) is 12.5. The normalized spacial score (nSPS) is 46.3. The predicted molar refractivity (Wildman–Crippen MR) is 114 cm³/mol. The fourth-order valence-electron chi connectivity index (χ4n) is 9.08. The van der Waals surface area contributed by atoms with E-state index >= 15 is 0 Å². The molecule has 4 rings (SSSR count). The molecule has 170 valence electrons. The van der Waals surface area contributed by atoms with Crippen LogP contribution in [0, 0.1) is 46.3 Å². The minimum Gasteiger partial charge on any atom is -0.550 e. The molecule has 4 nitrogen and oxygen atoms in total. The van der Waals surface area contributed by atoms with Crippen LogP contribution < -0.4 is 5.11 Å². The summed E-state index contributed by atoms with van der Waals surface area (Å²) in [6.07, 6.45) is 12.2. The molecule has 0 radical (unpaired) electrons. The van der Waals surface area contributed by atoms with Crippen molar-refractivity contribution in [1.29, 1.82) is 0 Å². The van der Waals surface area contributed by atoms with Gasteiger partial charge in [0.1, 0.15) is 6.10 Å². The molecule has 0 aliphatic heterocycles. The zero-order valence-electron chi connectivity index (χ0n) is 19.5. The lowest BCUT2D eigenvalue weighted by Gasteiger charge is -2.61. The third kappa shape index (κ3) is 3.71. The molecule has 4 saturated carbocycles. The molecule has 4 aliphatic carbocycles. The maximum atomic E-state index is 11.5. The molecule has 9 atom stereocenters. The predicted octanol–water partition coefficient (Wildman–Crippen LogP) is 4.74. The smallest absolute Gasteiger partial charge is 0.302 e. The standard InChI is InChI=1S/C26H42O4/c1-16(5-10-24(28)29)21-8-9-22-20-7-6-18-15-19(30-17(2)27)11-13-25(18,3)23(20)12-14-26(21,22)4/h16,18-23H,5-15H2,1-4H3,(H,28,29)/p-1/t16-,18?,19?,20+,21-,22+,23+,25+,26-/m1/s1. The van der Waals surface area contributed by atoms with Crippen molar-refractivity contribution in [2.75, 3.05) is 0 Å². The van der Waals surface area contributed by atoms with Crippen LogP contribution >= 0.6 is 0 Å². The highest BCUT2D eigenvalue weighted by Crippen LogP contribution is 2.68. The number of carbonyl (C=O) groups is 2. The summed E-state index contributed by atoms with van der Waals surface area (Å²) in [6.45, 7) is 8.90. The minimum absolute atomic E-state index is 0.129. The number of hydrogen-bond donors (Lipinski definition) is 0. The van der Waals surface area contributed by atoms with Crippen LogP contribution in [0.15, 0.2) is 0 Å². The molecule has 0 amide bonds. The van der Waals surface area contributed by atoms with Crippen molar-refractivity contribution >= 4 is 11.9 Å². The average Bonchev–Trinajstić information content (AvgIpc) is 3.03. The van der Waals surface area contributed by atoms with Crippen LogP contribution in [-0.4, -0.2) is 18.0 Å². The number of rotatable bonds is 5. The third-order valence-electron chi connectivity index (χ3n) is 10.5. The molecule has 30 heavy (non-hydrogen) atoms. The Morgan fingerprint density at radius 2 is 1.70 bits per heavy atom. The van der Waals surface area contributed by atoms with Crippen LogP contribution in [0.25, 0.3) is 0 Å². The van der Waals surface area contributed by atoms with Gasteiger partial charge in [0.25, 0.3) is 0 Å². The molecule has 0 saturated heterocycles. The second-order valence-electron chi connectivity index (χ2n) is 11.8. The molecule has 4 fully saturated rings. The molecule has 0 aromatic carbocycles. The maximum absolute atomic E-state index is 11.5. The summed E-state index contributed by atoms with van der Waals surface area (Å²) in [5, 5.41) is 11.0. The van der Waals surface area contributed by atoms with E-state index in [-0.39, 0.29) is 18.5 Å². The summed E-state index contributed by atoms with van der Waals surface area (Å²) in [6, 6.07) is 0. The van der Waals surface area contributed by atoms with Crippen molar-refractivity contribution in [2.24, 2.45) is 46.3 Å². The first-order chi connectivity index (χ1) is 14.1. The van der Waals surface area contributed by atoms with Gasteiger partial charge in [0.15, 0.2) is 0 Å². The van der Waals surface area contributed by atoms with Gasteiger partial charge in [-0.25, -0.2) is 0 Å². The van der Waals surface area contributed by atoms with Crippen molar-refractivity contribution in [3.8, 4) is 0 Å². The summed E-state index contributed by atoms with van der Waals surface area (Å²) in [5.41, 5.74) is 0.782. The van der Waals surface area contributed by atoms with Crippen LogP contribution in [0.4, 0.5) is 0 Å². The largest absolute Gasteiger partial charge is 0.550 e. The molecule has 4 aliphatic rings. The zero-order valence-corrected chi connectivity index (χ0v) is 19.5. The van der Waals surface area contributed by atoms with Gasteiger partial charge in [-0.05, 0) is 117 Å². The van der Waals surface area contributed by atoms with Crippen LogP contribution in [0.2, 0.25) is 0 Å². The van der Waals surface area contributed by atoms with Gasteiger partial charge in [-0.15, -0.1) is 0 Å². The highest BCUT2D eigenvalue weighted by atomic mass is 16.5. The Hall–Kier alpha value is -1.06. The van der Waals surface area contributed by atoms with E-state index in [2.05, 4.69) is 20.8 Å². The quantitative estimate of drug-likeness (QED) is 0.606. The summed E-state index contributed by atoms with van der Waals surface area (Å²) < 4.78 is 5.60. The Bertz CT molecular complexity index is 674. The van der Waals surface area contributed by atoms with E-state index in [0.29, 0.717) is 28.6 Å². The average molecular weight is 418 g/mol. The van der Waals surface area contributed by atoms with Gasteiger partial charge in [0.05, 0.1) is 0 Å². The van der Waals surface area contributed by atoms with Gasteiger partial charge < -0.3 is 14.6 Å². The van der Waals surface area contributed by atoms with E-state index in [9.17, 15) is 14.7 Å². The van der Waals surface area contributed by atoms with Crippen molar-refractivity contribution in [1.82, 2.24) is 0 Å². The van der Waals surface area contributed by atoms with E-state index in [1.807, 2.05) is 0 Å². The molecule has 0 heterocycles. The Morgan fingerprint density at radius 1 is 1.00 bits per heavy atom. The van der Waals surface area contributed by atoms with Gasteiger partial charge in [-0.2, -0.15) is 0 Å². The molecule has 0 N–H and O–H groups in total. The lowest BCUT2D eigenvalue weighted by atomic mass is 9.44. The van der Waals surface area contributed by atoms with E-state index in [1.54, 1.807) is 0 Å². The first kappa shape index (κ1) is 22.1. The number of esters is 1. The lowest BCUT2D eigenvalue weighted by Crippen LogP contribution is -2.54. The highest BCUT2D eigenvalue weighted by molar-refractivity contribution is 5.66. The third-order valence-corrected chi connectivity index (χ3v) is 10.5. The molecule has 0 bridgehead atoms. The van der Waals surface area contributed by atoms with Gasteiger partial charge in [0.2, 0.25) is 0 Å². The van der Waals surface area contributed by atoms with Crippen LogP contribution in [0.1, 0.15) is 98.3 Å². The second-order valence-corrected chi connectivity index (χ2v) is 11.8. The molecule has 0 spiro atoms. The van der Waals surface area contributed by atoms with Crippen molar-refractivity contribution in [3.63, 3.8) is 0 Å². The summed E-state index contributed by atoms with van der Waals surface area (Å²) in [4.78, 5) is 22.4. The number of carboxylic acids is 1. The number of hydrogen-bond acceptors (Lipinski definition) is 4. The molecule has 2 unspecified atom stereocenters. The van der Waals surface area contributed by atoms with Crippen molar-refractivity contribution < 1.29 is 19.4 Å². The fraction of sp³-hybridized carbons (Fsp3) is 0.923. The number of fused-ring (bicyclic) bond motifs is 5. The highest BCUT2D eigenvalue weighted by Gasteiger charge is 2.60. The van der Waals surface area contributed by atoms with Gasteiger partial charge in [0, 0.05) is 12.9 Å². The molecule has 4 heteroatoms. The SMILES string of the molecule is CC(=O)OC1CC[C@@]2(C)C(CC[C@H]3[C@@H]4CC[C@H]([C@H](C)CCC(=O)[O-])[C@@]4(C)CC[C@@H]32)C1. The molecule has 0 aromatic rings. The Labute approximate surface area is 182 Å². The van der Waals surface area contributed by atoms with Crippen LogP contribution in [0.3, 0.4) is 0 Å². The fourth-order valence-corrected chi connectivity index (χ4v) is 9.08. The summed E-state index contributed by atoms with van der Waals surface area (Å²) in [5.74, 6) is 3.24. The zero-order chi connectivity index (χ0) is 21.7. The number of aliphatic carboxylic acids is 1. The van der Waals surface area contributed by atoms with E-state index in [1.165, 1.54) is 51.9 Å². The van der Waals surface area contributed by atoms with Crippen LogP contribution in [0.5, 0.6) is 0 Å². The number of ether oxygens (including phenoxy) is 1. The summed E-state index contributed by atoms with van der Waals surface area (Å²) >= 11 is 0. The van der Waals surface area contributed by atoms with Gasteiger partial charge in [-0.1, -0.05) is 20.8 Å². The Balaban J connectivity index is 1.47. The molecular weight excluding hydrogens is 376 g/mol. The van der Waals surface area contributed by atoms with Gasteiger partial charge >= 0.3 is 5.97 Å². The summed E-state index contributed by atoms with van der Waals surface area (Å²) in [7, 11) is 0. The second kappa shape index (κ2) is 8.13. The lowest BCUT2D eigenvalue weighted by molar-refractivity contribution is -0.306. The van der Waals surface area contributed by atoms with E-state index in [0.717, 1.165) is 37.0 Å². The topological polar surface area (TPSA) is 66.4 Å². The van der Waals surface area contributed by atoms with Crippen LogP contribution in [-0.2, 0) is 14.3 Å². The van der Waals surface area contributed by atoms with Gasteiger partial charge in [-0.3, -0.25) is 4.79 Å². The number of carboxylic acid groups (broad SMARTS) is 1. The monoisotopic (exact) mass is 417 g/mol. The Kier molecular flexibility index (Phi) is 6.00. The minimum atomic E-state index is -0.902. The van der Waals surface area contributed by atoms with E-state index < -0.39 is 5.97 Å². The number of carbonyl (C=O) groups excluding carboxylic acids is 2.